The summed E-state index contributed by atoms with van der Waals surface area (Å²) in [7, 11) is 3.22. The van der Waals surface area contributed by atoms with Crippen LogP contribution in [-0.2, 0) is 17.6 Å². The molecule has 2 atom stereocenters. The summed E-state index contributed by atoms with van der Waals surface area (Å²) in [4.78, 5) is 28.8. The van der Waals surface area contributed by atoms with Crippen molar-refractivity contribution in [2.24, 2.45) is 0 Å². The molecular formula is C28H28N2O4. The number of carbonyl (C=O) groups excluding carboxylic acids is 2. The van der Waals surface area contributed by atoms with E-state index in [9.17, 15) is 9.59 Å². The molecule has 34 heavy (non-hydrogen) atoms. The van der Waals surface area contributed by atoms with E-state index < -0.39 is 5.92 Å². The zero-order valence-corrected chi connectivity index (χ0v) is 19.4. The standard InChI is InChI=1S/C28H28N2O4/c1-33-23-12-11-18(17-24(23)34-2)13-15-29-27(31)25-21-9-5-6-10-22(21)28(32)30-16-14-19-7-3-4-8-20(19)26(25)30/h3-12,17,25-26H,13-16H2,1-2H3,(H,29,31)/t25-,26+/m1/s1. The number of benzene rings is 3. The van der Waals surface area contributed by atoms with Gasteiger partial charge in [-0.15, -0.1) is 0 Å². The molecule has 6 heteroatoms. The van der Waals surface area contributed by atoms with E-state index in [2.05, 4.69) is 17.4 Å². The summed E-state index contributed by atoms with van der Waals surface area (Å²) in [6.45, 7) is 1.10. The van der Waals surface area contributed by atoms with E-state index in [4.69, 9.17) is 9.47 Å². The van der Waals surface area contributed by atoms with Crippen LogP contribution in [-0.4, -0.2) is 44.0 Å². The molecule has 1 N–H and O–H groups in total. The van der Waals surface area contributed by atoms with Gasteiger partial charge in [-0.05, 0) is 53.3 Å². The van der Waals surface area contributed by atoms with Crippen LogP contribution in [0.25, 0.3) is 0 Å². The third-order valence-corrected chi connectivity index (χ3v) is 6.88. The van der Waals surface area contributed by atoms with Crippen LogP contribution in [0.15, 0.2) is 66.7 Å². The number of rotatable bonds is 6. The maximum Gasteiger partial charge on any atom is 0.254 e. The second kappa shape index (κ2) is 9.21. The number of carbonyl (C=O) groups is 2. The van der Waals surface area contributed by atoms with E-state index in [0.717, 1.165) is 23.1 Å². The van der Waals surface area contributed by atoms with Crippen molar-refractivity contribution >= 4 is 11.8 Å². The van der Waals surface area contributed by atoms with E-state index >= 15 is 0 Å². The smallest absolute Gasteiger partial charge is 0.254 e. The van der Waals surface area contributed by atoms with Crippen LogP contribution in [0.1, 0.15) is 44.6 Å². The fourth-order valence-electron chi connectivity index (χ4n) is 5.23. The lowest BCUT2D eigenvalue weighted by Crippen LogP contribution is -2.50. The lowest BCUT2D eigenvalue weighted by Gasteiger charge is -2.45. The summed E-state index contributed by atoms with van der Waals surface area (Å²) < 4.78 is 10.7. The summed E-state index contributed by atoms with van der Waals surface area (Å²) in [6, 6.07) is 21.1. The summed E-state index contributed by atoms with van der Waals surface area (Å²) in [5, 5.41) is 3.14. The normalized spacial score (nSPS) is 18.4. The van der Waals surface area contributed by atoms with Crippen LogP contribution in [0.3, 0.4) is 0 Å². The molecule has 0 radical (unpaired) electrons. The molecule has 0 saturated carbocycles. The number of ether oxygens (including phenoxy) is 2. The quantitative estimate of drug-likeness (QED) is 0.611. The number of fused-ring (bicyclic) bond motifs is 4. The van der Waals surface area contributed by atoms with E-state index in [1.165, 1.54) is 5.56 Å². The monoisotopic (exact) mass is 456 g/mol. The van der Waals surface area contributed by atoms with Gasteiger partial charge in [0.05, 0.1) is 26.2 Å². The minimum atomic E-state index is -0.458. The Bertz CT molecular complexity index is 1240. The first-order valence-electron chi connectivity index (χ1n) is 11.6. The Balaban J connectivity index is 1.41. The molecule has 3 aromatic rings. The van der Waals surface area contributed by atoms with Crippen LogP contribution < -0.4 is 14.8 Å². The van der Waals surface area contributed by atoms with Crippen molar-refractivity contribution in [1.82, 2.24) is 10.2 Å². The van der Waals surface area contributed by atoms with Crippen molar-refractivity contribution in [2.75, 3.05) is 27.3 Å². The van der Waals surface area contributed by atoms with Gasteiger partial charge in [-0.3, -0.25) is 9.59 Å². The van der Waals surface area contributed by atoms with Crippen molar-refractivity contribution in [1.29, 1.82) is 0 Å². The van der Waals surface area contributed by atoms with Gasteiger partial charge in [-0.1, -0.05) is 48.5 Å². The molecule has 5 rings (SSSR count). The van der Waals surface area contributed by atoms with E-state index in [-0.39, 0.29) is 17.9 Å². The van der Waals surface area contributed by atoms with Gasteiger partial charge in [0.1, 0.15) is 0 Å². The number of nitrogens with one attached hydrogen (secondary N) is 1. The predicted molar refractivity (Wildman–Crippen MR) is 129 cm³/mol. The molecule has 174 valence electrons. The molecule has 0 saturated heterocycles. The van der Waals surface area contributed by atoms with Crippen LogP contribution in [0.4, 0.5) is 0 Å². The third-order valence-electron chi connectivity index (χ3n) is 6.88. The molecule has 0 spiro atoms. The highest BCUT2D eigenvalue weighted by atomic mass is 16.5. The van der Waals surface area contributed by atoms with E-state index in [0.29, 0.717) is 36.6 Å². The maximum atomic E-state index is 13.7. The van der Waals surface area contributed by atoms with Gasteiger partial charge in [-0.2, -0.15) is 0 Å². The zero-order valence-electron chi connectivity index (χ0n) is 19.4. The molecule has 0 aromatic heterocycles. The van der Waals surface area contributed by atoms with Crippen LogP contribution in [0.5, 0.6) is 11.5 Å². The van der Waals surface area contributed by atoms with Crippen LogP contribution >= 0.6 is 0 Å². The highest BCUT2D eigenvalue weighted by Gasteiger charge is 2.45. The predicted octanol–water partition coefficient (Wildman–Crippen LogP) is 3.90. The van der Waals surface area contributed by atoms with Gasteiger partial charge in [0, 0.05) is 18.7 Å². The number of hydrogen-bond acceptors (Lipinski definition) is 4. The number of hydrogen-bond donors (Lipinski definition) is 1. The Morgan fingerprint density at radius 1 is 0.971 bits per heavy atom. The summed E-state index contributed by atoms with van der Waals surface area (Å²) in [6.07, 6.45) is 1.46. The molecule has 0 aliphatic carbocycles. The first kappa shape index (κ1) is 22.0. The van der Waals surface area contributed by atoms with Crippen LogP contribution in [0.2, 0.25) is 0 Å². The van der Waals surface area contributed by atoms with Crippen molar-refractivity contribution in [2.45, 2.75) is 24.8 Å². The number of methoxy groups -OCH3 is 2. The number of nitrogens with zero attached hydrogens (tertiary/aromatic N) is 1. The fourth-order valence-corrected chi connectivity index (χ4v) is 5.23. The Morgan fingerprint density at radius 2 is 1.71 bits per heavy atom. The van der Waals surface area contributed by atoms with Gasteiger partial charge in [0.2, 0.25) is 5.91 Å². The highest BCUT2D eigenvalue weighted by molar-refractivity contribution is 6.01. The summed E-state index contributed by atoms with van der Waals surface area (Å²) in [5.41, 5.74) is 4.74. The van der Waals surface area contributed by atoms with E-state index in [1.807, 2.05) is 59.5 Å². The minimum absolute atomic E-state index is 0.00415. The van der Waals surface area contributed by atoms with Gasteiger partial charge in [0.25, 0.3) is 5.91 Å². The second-order valence-corrected chi connectivity index (χ2v) is 8.69. The van der Waals surface area contributed by atoms with Crippen molar-refractivity contribution in [3.05, 3.63) is 94.5 Å². The van der Waals surface area contributed by atoms with Crippen molar-refractivity contribution in [3.63, 3.8) is 0 Å². The molecule has 6 nitrogen and oxygen atoms in total. The van der Waals surface area contributed by atoms with Gasteiger partial charge in [0.15, 0.2) is 11.5 Å². The van der Waals surface area contributed by atoms with Crippen LogP contribution in [0, 0.1) is 0 Å². The van der Waals surface area contributed by atoms with Gasteiger partial charge >= 0.3 is 0 Å². The third kappa shape index (κ3) is 3.79. The maximum absolute atomic E-state index is 13.7. The van der Waals surface area contributed by atoms with Crippen molar-refractivity contribution in [3.8, 4) is 11.5 Å². The summed E-state index contributed by atoms with van der Waals surface area (Å²) in [5.74, 6) is 0.827. The van der Waals surface area contributed by atoms with Gasteiger partial charge < -0.3 is 19.7 Å². The summed E-state index contributed by atoms with van der Waals surface area (Å²) >= 11 is 0. The first-order chi connectivity index (χ1) is 16.6. The highest BCUT2D eigenvalue weighted by Crippen LogP contribution is 2.45. The van der Waals surface area contributed by atoms with Crippen molar-refractivity contribution < 1.29 is 19.1 Å². The molecule has 2 amide bonds. The first-order valence-corrected chi connectivity index (χ1v) is 11.6. The minimum Gasteiger partial charge on any atom is -0.493 e. The lowest BCUT2D eigenvalue weighted by molar-refractivity contribution is -0.124. The Morgan fingerprint density at radius 3 is 2.50 bits per heavy atom. The molecule has 0 fully saturated rings. The lowest BCUT2D eigenvalue weighted by atomic mass is 9.76. The second-order valence-electron chi connectivity index (χ2n) is 8.69. The molecule has 2 aliphatic heterocycles. The fraction of sp³-hybridized carbons (Fsp3) is 0.286. The average Bonchev–Trinajstić information content (AvgIpc) is 2.88. The zero-order chi connectivity index (χ0) is 23.7. The molecule has 2 heterocycles. The van der Waals surface area contributed by atoms with Gasteiger partial charge in [-0.25, -0.2) is 0 Å². The molecule has 2 aliphatic rings. The topological polar surface area (TPSA) is 67.9 Å². The Hall–Kier alpha value is -3.80. The molecule has 3 aromatic carbocycles. The molecule has 0 unspecified atom stereocenters. The largest absolute Gasteiger partial charge is 0.493 e. The number of amides is 2. The molecular weight excluding hydrogens is 428 g/mol. The Labute approximate surface area is 199 Å². The molecule has 0 bridgehead atoms. The SMILES string of the molecule is COc1ccc(CCNC(=O)[C@@H]2c3ccccc3C(=O)N3CCc4ccccc4[C@@H]23)cc1OC. The Kier molecular flexibility index (Phi) is 5.97. The average molecular weight is 457 g/mol. The van der Waals surface area contributed by atoms with E-state index in [1.54, 1.807) is 14.2 Å².